The molecule has 1 rings (SSSR count). The van der Waals surface area contributed by atoms with E-state index in [2.05, 4.69) is 21.2 Å². The predicted octanol–water partition coefficient (Wildman–Crippen LogP) is 3.68. The Morgan fingerprint density at radius 2 is 2.00 bits per heavy atom. The molecule has 0 fully saturated rings. The number of nitrogens with one attached hydrogen (secondary N) is 1. The van der Waals surface area contributed by atoms with E-state index in [1.165, 1.54) is 0 Å². The third kappa shape index (κ3) is 4.66. The Labute approximate surface area is 136 Å². The number of carbonyl (C=O) groups is 1. The summed E-state index contributed by atoms with van der Waals surface area (Å²) in [6, 6.07) is 1.90. The summed E-state index contributed by atoms with van der Waals surface area (Å²) in [4.78, 5) is 11.6. The second-order valence-corrected chi connectivity index (χ2v) is 8.18. The van der Waals surface area contributed by atoms with Crippen LogP contribution in [0.25, 0.3) is 0 Å². The van der Waals surface area contributed by atoms with Crippen LogP contribution in [0.3, 0.4) is 0 Å². The van der Waals surface area contributed by atoms with Crippen molar-refractivity contribution in [2.75, 3.05) is 0 Å². The highest BCUT2D eigenvalue weighted by Crippen LogP contribution is 2.29. The summed E-state index contributed by atoms with van der Waals surface area (Å²) in [5, 5.41) is 2.71. The fourth-order valence-electron chi connectivity index (χ4n) is 1.66. The molecule has 0 spiro atoms. The Morgan fingerprint density at radius 3 is 2.48 bits per heavy atom. The minimum absolute atomic E-state index is 0.0925. The molecule has 0 saturated heterocycles. The van der Waals surface area contributed by atoms with Gasteiger partial charge in [0.05, 0.1) is 4.47 Å². The van der Waals surface area contributed by atoms with Crippen molar-refractivity contribution in [3.63, 3.8) is 0 Å². The summed E-state index contributed by atoms with van der Waals surface area (Å²) in [7, 11) is 1.08. The first-order chi connectivity index (χ1) is 9.57. The van der Waals surface area contributed by atoms with Crippen LogP contribution < -0.4 is 5.32 Å². The molecule has 0 aromatic heterocycles. The molecule has 118 valence electrons. The van der Waals surface area contributed by atoms with Gasteiger partial charge >= 0.3 is 0 Å². The molecule has 0 aliphatic rings. The Bertz CT molecular complexity index is 651. The van der Waals surface area contributed by atoms with Gasteiger partial charge in [0.1, 0.15) is 10.7 Å². The highest BCUT2D eigenvalue weighted by atomic mass is 79.9. The van der Waals surface area contributed by atoms with E-state index in [0.717, 1.165) is 18.6 Å². The quantitative estimate of drug-likeness (QED) is 0.767. The van der Waals surface area contributed by atoms with Crippen LogP contribution in [0.1, 0.15) is 37.6 Å². The molecule has 1 aromatic rings. The number of halogens is 3. The van der Waals surface area contributed by atoms with Gasteiger partial charge in [-0.15, -0.1) is 0 Å². The summed E-state index contributed by atoms with van der Waals surface area (Å²) in [5.74, 6) is -1.17. The molecule has 1 amide bonds. The van der Waals surface area contributed by atoms with Gasteiger partial charge in [0.25, 0.3) is 15.0 Å². The molecule has 0 bridgehead atoms. The van der Waals surface area contributed by atoms with E-state index in [1.54, 1.807) is 0 Å². The zero-order chi connectivity index (χ0) is 16.4. The van der Waals surface area contributed by atoms with Gasteiger partial charge in [-0.1, -0.05) is 20.3 Å². The molecule has 2 unspecified atom stereocenters. The topological polar surface area (TPSA) is 63.2 Å². The number of benzene rings is 1. The maximum absolute atomic E-state index is 13.7. The van der Waals surface area contributed by atoms with Gasteiger partial charge < -0.3 is 5.32 Å². The van der Waals surface area contributed by atoms with Gasteiger partial charge in [-0.25, -0.2) is 12.8 Å². The lowest BCUT2D eigenvalue weighted by Gasteiger charge is -2.20. The lowest BCUT2D eigenvalue weighted by atomic mass is 10.0. The van der Waals surface area contributed by atoms with Gasteiger partial charge in [-0.3, -0.25) is 4.79 Å². The molecule has 1 N–H and O–H groups in total. The van der Waals surface area contributed by atoms with Crippen LogP contribution in [-0.2, 0) is 9.05 Å². The summed E-state index contributed by atoms with van der Waals surface area (Å²) < 4.78 is 36.2. The highest BCUT2D eigenvalue weighted by Gasteiger charge is 2.22. The van der Waals surface area contributed by atoms with Crippen LogP contribution in [-0.4, -0.2) is 20.4 Å². The normalized spacial score (nSPS) is 14.6. The first kappa shape index (κ1) is 18.4. The number of carbonyl (C=O) groups excluding carboxylic acids is 1. The van der Waals surface area contributed by atoms with Crippen molar-refractivity contribution in [1.29, 1.82) is 0 Å². The van der Waals surface area contributed by atoms with E-state index in [1.807, 2.05) is 20.8 Å². The smallest absolute Gasteiger partial charge is 0.262 e. The van der Waals surface area contributed by atoms with E-state index in [4.69, 9.17) is 10.7 Å². The van der Waals surface area contributed by atoms with Crippen molar-refractivity contribution >= 4 is 41.6 Å². The molecule has 1 aromatic carbocycles. The fourth-order valence-corrected chi connectivity index (χ4v) is 3.75. The van der Waals surface area contributed by atoms with E-state index in [9.17, 15) is 17.6 Å². The van der Waals surface area contributed by atoms with Gasteiger partial charge in [-0.05, 0) is 40.9 Å². The number of rotatable bonds is 5. The van der Waals surface area contributed by atoms with Crippen molar-refractivity contribution < 1.29 is 17.6 Å². The van der Waals surface area contributed by atoms with E-state index >= 15 is 0 Å². The third-order valence-corrected chi connectivity index (χ3v) is 5.79. The zero-order valence-electron chi connectivity index (χ0n) is 11.8. The second-order valence-electron chi connectivity index (χ2n) is 4.86. The van der Waals surface area contributed by atoms with E-state index in [0.29, 0.717) is 0 Å². The van der Waals surface area contributed by atoms with Gasteiger partial charge in [0.15, 0.2) is 0 Å². The predicted molar refractivity (Wildman–Crippen MR) is 83.5 cm³/mol. The molecular weight excluding hydrogens is 385 g/mol. The average Bonchev–Trinajstić information content (AvgIpc) is 2.38. The number of hydrogen-bond donors (Lipinski definition) is 1. The largest absolute Gasteiger partial charge is 0.349 e. The lowest BCUT2D eigenvalue weighted by molar-refractivity contribution is 0.0927. The van der Waals surface area contributed by atoms with Crippen molar-refractivity contribution in [3.05, 3.63) is 28.0 Å². The van der Waals surface area contributed by atoms with Crippen molar-refractivity contribution in [3.8, 4) is 0 Å². The minimum Gasteiger partial charge on any atom is -0.349 e. The molecular formula is C13H16BrClFNO3S. The first-order valence-corrected chi connectivity index (χ1v) is 9.42. The molecule has 21 heavy (non-hydrogen) atoms. The summed E-state index contributed by atoms with van der Waals surface area (Å²) in [6.07, 6.45) is 0.872. The molecule has 0 aliphatic carbocycles. The molecule has 0 aliphatic heterocycles. The number of hydrogen-bond acceptors (Lipinski definition) is 3. The van der Waals surface area contributed by atoms with Gasteiger partial charge in [-0.2, -0.15) is 0 Å². The lowest BCUT2D eigenvalue weighted by Crippen LogP contribution is -2.37. The molecule has 0 radical (unpaired) electrons. The summed E-state index contributed by atoms with van der Waals surface area (Å²) in [5.41, 5.74) is -0.0925. The van der Waals surface area contributed by atoms with Crippen LogP contribution in [0.2, 0.25) is 0 Å². The molecule has 0 saturated carbocycles. The average molecular weight is 401 g/mol. The SMILES string of the molecule is CCC(C)C(C)NC(=O)c1cc(F)c(Br)c(S(=O)(=O)Cl)c1. The van der Waals surface area contributed by atoms with Crippen LogP contribution in [0, 0.1) is 11.7 Å². The highest BCUT2D eigenvalue weighted by molar-refractivity contribution is 9.10. The summed E-state index contributed by atoms with van der Waals surface area (Å²) >= 11 is 2.81. The van der Waals surface area contributed by atoms with Crippen molar-refractivity contribution in [1.82, 2.24) is 5.32 Å². The molecule has 8 heteroatoms. The summed E-state index contributed by atoms with van der Waals surface area (Å²) in [6.45, 7) is 5.80. The monoisotopic (exact) mass is 399 g/mol. The Hall–Kier alpha value is -0.660. The van der Waals surface area contributed by atoms with Crippen LogP contribution in [0.5, 0.6) is 0 Å². The maximum atomic E-state index is 13.7. The molecule has 2 atom stereocenters. The van der Waals surface area contributed by atoms with E-state index < -0.39 is 25.7 Å². The minimum atomic E-state index is -4.16. The van der Waals surface area contributed by atoms with Crippen LogP contribution >= 0.6 is 26.6 Å². The number of amides is 1. The standard InChI is InChI=1S/C13H16BrClFNO3S/c1-4-7(2)8(3)17-13(18)9-5-10(16)12(14)11(6-9)21(15,19)20/h5-8H,4H2,1-3H3,(H,17,18). The Kier molecular flexibility index (Phi) is 6.19. The maximum Gasteiger partial charge on any atom is 0.262 e. The first-order valence-electron chi connectivity index (χ1n) is 6.32. The second kappa shape index (κ2) is 7.07. The Morgan fingerprint density at radius 1 is 1.43 bits per heavy atom. The molecule has 4 nitrogen and oxygen atoms in total. The zero-order valence-corrected chi connectivity index (χ0v) is 14.9. The molecule has 0 heterocycles. The third-order valence-electron chi connectivity index (χ3n) is 3.38. The van der Waals surface area contributed by atoms with Crippen molar-refractivity contribution in [2.24, 2.45) is 5.92 Å². The van der Waals surface area contributed by atoms with Crippen LogP contribution in [0.4, 0.5) is 4.39 Å². The van der Waals surface area contributed by atoms with E-state index in [-0.39, 0.29) is 22.0 Å². The fraction of sp³-hybridized carbons (Fsp3) is 0.462. The van der Waals surface area contributed by atoms with Gasteiger partial charge in [0.2, 0.25) is 0 Å². The van der Waals surface area contributed by atoms with Crippen molar-refractivity contribution in [2.45, 2.75) is 38.1 Å². The van der Waals surface area contributed by atoms with Crippen LogP contribution in [0.15, 0.2) is 21.5 Å². The van der Waals surface area contributed by atoms with Gasteiger partial charge in [0, 0.05) is 22.3 Å². The Balaban J connectivity index is 3.15.